The number of hydrogen-bond donors (Lipinski definition) is 1. The van der Waals surface area contributed by atoms with Crippen LogP contribution in [0.2, 0.25) is 5.02 Å². The van der Waals surface area contributed by atoms with Crippen molar-refractivity contribution in [3.63, 3.8) is 0 Å². The zero-order valence-corrected chi connectivity index (χ0v) is 16.4. The molecule has 5 heteroatoms. The molecule has 0 saturated heterocycles. The molecule has 0 fully saturated rings. The lowest BCUT2D eigenvalue weighted by Gasteiger charge is -2.26. The second-order valence-electron chi connectivity index (χ2n) is 6.27. The number of benzene rings is 3. The van der Waals surface area contributed by atoms with Crippen molar-refractivity contribution in [2.24, 2.45) is 10.7 Å². The van der Waals surface area contributed by atoms with Gasteiger partial charge in [0.05, 0.1) is 22.8 Å². The predicted octanol–water partition coefficient (Wildman–Crippen LogP) is 5.73. The van der Waals surface area contributed by atoms with Gasteiger partial charge in [0.2, 0.25) is 0 Å². The van der Waals surface area contributed by atoms with Crippen LogP contribution in [0.15, 0.2) is 77.8 Å². The molecule has 0 unspecified atom stereocenters. The van der Waals surface area contributed by atoms with Gasteiger partial charge in [0.25, 0.3) is 0 Å². The quantitative estimate of drug-likeness (QED) is 0.610. The van der Waals surface area contributed by atoms with Crippen LogP contribution in [0.4, 0.5) is 17.1 Å². The summed E-state index contributed by atoms with van der Waals surface area (Å²) >= 11 is 6.25. The summed E-state index contributed by atoms with van der Waals surface area (Å²) in [6, 6.07) is 24.5. The fourth-order valence-corrected chi connectivity index (χ4v) is 3.54. The Morgan fingerprint density at radius 3 is 2.41 bits per heavy atom. The topological polar surface area (TPSA) is 41.6 Å². The van der Waals surface area contributed by atoms with Crippen molar-refractivity contribution in [3.05, 3.63) is 88.9 Å². The first-order chi connectivity index (χ1) is 12.8. The van der Waals surface area contributed by atoms with Crippen molar-refractivity contribution >= 4 is 46.8 Å². The minimum Gasteiger partial charge on any atom is -0.339 e. The molecule has 27 heavy (non-hydrogen) atoms. The number of hydrogen-bond acceptors (Lipinski definition) is 3. The number of para-hydroxylation sites is 3. The van der Waals surface area contributed by atoms with Crippen molar-refractivity contribution in [1.29, 1.82) is 0 Å². The van der Waals surface area contributed by atoms with Gasteiger partial charge in [0, 0.05) is 22.7 Å². The van der Waals surface area contributed by atoms with Gasteiger partial charge >= 0.3 is 0 Å². The summed E-state index contributed by atoms with van der Waals surface area (Å²) < 4.78 is 0. The minimum absolute atomic E-state index is 0. The van der Waals surface area contributed by atoms with Gasteiger partial charge in [-0.2, -0.15) is 0 Å². The van der Waals surface area contributed by atoms with E-state index in [1.54, 1.807) is 0 Å². The SMILES string of the molecule is Cl.NCCCN1c2ccccc2N=C(c2cccc(Cl)c2)c2ccccc21. The third-order valence-electron chi connectivity index (χ3n) is 4.54. The van der Waals surface area contributed by atoms with Gasteiger partial charge in [-0.05, 0) is 43.3 Å². The third-order valence-corrected chi connectivity index (χ3v) is 4.77. The highest BCUT2D eigenvalue weighted by Crippen LogP contribution is 2.40. The van der Waals surface area contributed by atoms with E-state index < -0.39 is 0 Å². The second kappa shape index (κ2) is 8.57. The molecule has 1 aliphatic rings. The molecule has 1 heterocycles. The predicted molar refractivity (Wildman–Crippen MR) is 118 cm³/mol. The Morgan fingerprint density at radius 2 is 1.63 bits per heavy atom. The van der Waals surface area contributed by atoms with Crippen LogP contribution in [0, 0.1) is 0 Å². The van der Waals surface area contributed by atoms with Gasteiger partial charge in [0.15, 0.2) is 0 Å². The minimum atomic E-state index is 0. The number of rotatable bonds is 4. The number of nitrogens with zero attached hydrogens (tertiary/aromatic N) is 2. The van der Waals surface area contributed by atoms with Crippen LogP contribution in [-0.4, -0.2) is 18.8 Å². The van der Waals surface area contributed by atoms with E-state index in [4.69, 9.17) is 22.3 Å². The summed E-state index contributed by atoms with van der Waals surface area (Å²) in [5.74, 6) is 0. The summed E-state index contributed by atoms with van der Waals surface area (Å²) in [6.45, 7) is 1.51. The van der Waals surface area contributed by atoms with Crippen molar-refractivity contribution < 1.29 is 0 Å². The fourth-order valence-electron chi connectivity index (χ4n) is 3.35. The Morgan fingerprint density at radius 1 is 0.889 bits per heavy atom. The Kier molecular flexibility index (Phi) is 6.17. The second-order valence-corrected chi connectivity index (χ2v) is 6.71. The van der Waals surface area contributed by atoms with E-state index in [-0.39, 0.29) is 12.4 Å². The molecule has 3 aromatic carbocycles. The molecular weight excluding hydrogens is 377 g/mol. The Bertz CT molecular complexity index is 969. The van der Waals surface area contributed by atoms with Crippen molar-refractivity contribution in [3.8, 4) is 0 Å². The van der Waals surface area contributed by atoms with E-state index in [1.165, 1.54) is 0 Å². The molecule has 3 nitrogen and oxygen atoms in total. The molecule has 0 aromatic heterocycles. The average molecular weight is 398 g/mol. The number of nitrogens with two attached hydrogens (primary N) is 1. The fraction of sp³-hybridized carbons (Fsp3) is 0.136. The zero-order valence-electron chi connectivity index (χ0n) is 14.8. The van der Waals surface area contributed by atoms with Crippen LogP contribution in [-0.2, 0) is 0 Å². The molecule has 0 aliphatic carbocycles. The highest BCUT2D eigenvalue weighted by atomic mass is 35.5. The van der Waals surface area contributed by atoms with E-state index >= 15 is 0 Å². The first kappa shape index (κ1) is 19.4. The van der Waals surface area contributed by atoms with E-state index in [0.717, 1.165) is 46.9 Å². The van der Waals surface area contributed by atoms with Gasteiger partial charge in [-0.25, -0.2) is 4.99 Å². The van der Waals surface area contributed by atoms with E-state index in [9.17, 15) is 0 Å². The third kappa shape index (κ3) is 3.86. The summed E-state index contributed by atoms with van der Waals surface area (Å²) in [5.41, 5.74) is 12.0. The van der Waals surface area contributed by atoms with Crippen LogP contribution in [0.3, 0.4) is 0 Å². The molecule has 0 radical (unpaired) electrons. The monoisotopic (exact) mass is 397 g/mol. The van der Waals surface area contributed by atoms with Gasteiger partial charge in [-0.15, -0.1) is 12.4 Å². The van der Waals surface area contributed by atoms with Gasteiger partial charge in [0.1, 0.15) is 0 Å². The molecule has 2 N–H and O–H groups in total. The number of aliphatic imine (C=N–C) groups is 1. The van der Waals surface area contributed by atoms with Crippen LogP contribution in [0.5, 0.6) is 0 Å². The van der Waals surface area contributed by atoms with E-state index in [0.29, 0.717) is 11.6 Å². The normalized spacial score (nSPS) is 12.4. The lowest BCUT2D eigenvalue weighted by Crippen LogP contribution is -2.22. The maximum atomic E-state index is 6.25. The average Bonchev–Trinajstić information content (AvgIpc) is 2.81. The highest BCUT2D eigenvalue weighted by Gasteiger charge is 2.23. The maximum Gasteiger partial charge on any atom is 0.0874 e. The Balaban J connectivity index is 0.00000210. The highest BCUT2D eigenvalue weighted by molar-refractivity contribution is 6.31. The van der Waals surface area contributed by atoms with Gasteiger partial charge in [-0.1, -0.05) is 54.1 Å². The van der Waals surface area contributed by atoms with Crippen LogP contribution < -0.4 is 10.6 Å². The van der Waals surface area contributed by atoms with Crippen LogP contribution in [0.25, 0.3) is 0 Å². The van der Waals surface area contributed by atoms with Crippen LogP contribution in [0.1, 0.15) is 17.5 Å². The first-order valence-electron chi connectivity index (χ1n) is 8.78. The van der Waals surface area contributed by atoms with Crippen molar-refractivity contribution in [2.75, 3.05) is 18.0 Å². The number of halogens is 2. The Labute approximate surface area is 170 Å². The molecule has 0 atom stereocenters. The zero-order chi connectivity index (χ0) is 17.9. The van der Waals surface area contributed by atoms with E-state index in [1.807, 2.05) is 24.3 Å². The molecule has 138 valence electrons. The molecule has 0 saturated carbocycles. The van der Waals surface area contributed by atoms with Gasteiger partial charge in [-0.3, -0.25) is 0 Å². The number of anilines is 2. The summed E-state index contributed by atoms with van der Waals surface area (Å²) in [7, 11) is 0. The lowest BCUT2D eigenvalue weighted by molar-refractivity contribution is 0.818. The molecular formula is C22H21Cl2N3. The number of fused-ring (bicyclic) bond motifs is 2. The lowest BCUT2D eigenvalue weighted by atomic mass is 10.00. The maximum absolute atomic E-state index is 6.25. The smallest absolute Gasteiger partial charge is 0.0874 e. The molecule has 0 amide bonds. The summed E-state index contributed by atoms with van der Waals surface area (Å²) in [5, 5.41) is 0.709. The van der Waals surface area contributed by atoms with E-state index in [2.05, 4.69) is 53.4 Å². The molecule has 1 aliphatic heterocycles. The first-order valence-corrected chi connectivity index (χ1v) is 9.16. The van der Waals surface area contributed by atoms with Crippen molar-refractivity contribution in [1.82, 2.24) is 0 Å². The molecule has 0 bridgehead atoms. The molecule has 0 spiro atoms. The van der Waals surface area contributed by atoms with Crippen molar-refractivity contribution in [2.45, 2.75) is 6.42 Å². The van der Waals surface area contributed by atoms with Crippen LogP contribution >= 0.6 is 24.0 Å². The Hall–Kier alpha value is -2.33. The summed E-state index contributed by atoms with van der Waals surface area (Å²) in [4.78, 5) is 7.35. The largest absolute Gasteiger partial charge is 0.339 e. The van der Waals surface area contributed by atoms with Gasteiger partial charge < -0.3 is 10.6 Å². The summed E-state index contributed by atoms with van der Waals surface area (Å²) in [6.07, 6.45) is 0.912. The molecule has 3 aromatic rings. The molecule has 4 rings (SSSR count). The standard InChI is InChI=1S/C22H20ClN3.ClH/c23-17-8-5-7-16(15-17)22-18-9-1-3-11-20(18)26(14-6-13-24)21-12-4-2-10-19(21)25-22;/h1-5,7-12,15H,6,13-14,24H2;1H.